The normalized spacial score (nSPS) is 17.0. The van der Waals surface area contributed by atoms with E-state index in [4.69, 9.17) is 0 Å². The largest absolute Gasteiger partial charge is 0.341 e. The van der Waals surface area contributed by atoms with Gasteiger partial charge in [-0.2, -0.15) is 0 Å². The van der Waals surface area contributed by atoms with Gasteiger partial charge in [-0.3, -0.25) is 4.79 Å². The van der Waals surface area contributed by atoms with Crippen LogP contribution in [0.15, 0.2) is 12.7 Å². The quantitative estimate of drug-likeness (QED) is 0.680. The van der Waals surface area contributed by atoms with E-state index >= 15 is 0 Å². The van der Waals surface area contributed by atoms with Crippen LogP contribution in [0.3, 0.4) is 0 Å². The van der Waals surface area contributed by atoms with Gasteiger partial charge in [-0.05, 0) is 19.3 Å². The first-order chi connectivity index (χ1) is 6.86. The van der Waals surface area contributed by atoms with Crippen LogP contribution in [-0.2, 0) is 11.3 Å². The molecule has 0 atom stereocenters. The molecular weight excluding hydrogens is 180 g/mol. The predicted octanol–water partition coefficient (Wildman–Crippen LogP) is 0.291. The van der Waals surface area contributed by atoms with Gasteiger partial charge in [0.05, 0.1) is 0 Å². The third-order valence-corrected chi connectivity index (χ3v) is 2.49. The Morgan fingerprint density at radius 3 is 2.43 bits per heavy atom. The average molecular weight is 194 g/mol. The van der Waals surface area contributed by atoms with Gasteiger partial charge >= 0.3 is 0 Å². The number of likely N-dealkylation sites (tertiary alicyclic amines) is 1. The van der Waals surface area contributed by atoms with Crippen molar-refractivity contribution < 1.29 is 4.79 Å². The van der Waals surface area contributed by atoms with Gasteiger partial charge in [-0.15, -0.1) is 10.2 Å². The van der Waals surface area contributed by atoms with Crippen molar-refractivity contribution in [3.63, 3.8) is 0 Å². The summed E-state index contributed by atoms with van der Waals surface area (Å²) < 4.78 is 1.71. The number of aromatic nitrogens is 3. The Labute approximate surface area is 82.7 Å². The second-order valence-electron chi connectivity index (χ2n) is 3.58. The van der Waals surface area contributed by atoms with Gasteiger partial charge < -0.3 is 9.47 Å². The van der Waals surface area contributed by atoms with Crippen LogP contribution in [0.25, 0.3) is 0 Å². The Kier molecular flexibility index (Phi) is 2.76. The van der Waals surface area contributed by atoms with E-state index < -0.39 is 0 Å². The lowest BCUT2D eigenvalue weighted by Crippen LogP contribution is -2.37. The molecule has 1 saturated heterocycles. The van der Waals surface area contributed by atoms with E-state index in [0.717, 1.165) is 25.9 Å². The summed E-state index contributed by atoms with van der Waals surface area (Å²) >= 11 is 0. The molecule has 5 heteroatoms. The number of nitrogens with zero attached hydrogens (tertiary/aromatic N) is 4. The molecule has 0 bridgehead atoms. The third kappa shape index (κ3) is 2.10. The lowest BCUT2D eigenvalue weighted by Gasteiger charge is -2.26. The molecule has 0 radical (unpaired) electrons. The number of carbonyl (C=O) groups excluding carboxylic acids is 1. The number of hydrogen-bond acceptors (Lipinski definition) is 3. The van der Waals surface area contributed by atoms with Gasteiger partial charge in [0.25, 0.3) is 0 Å². The van der Waals surface area contributed by atoms with Crippen molar-refractivity contribution in [3.05, 3.63) is 12.7 Å². The van der Waals surface area contributed by atoms with Gasteiger partial charge in [0.1, 0.15) is 19.2 Å². The average Bonchev–Trinajstić information content (AvgIpc) is 2.72. The van der Waals surface area contributed by atoms with E-state index in [1.165, 1.54) is 6.42 Å². The maximum atomic E-state index is 11.7. The van der Waals surface area contributed by atoms with Crippen LogP contribution in [0.5, 0.6) is 0 Å². The zero-order valence-electron chi connectivity index (χ0n) is 8.09. The molecule has 76 valence electrons. The van der Waals surface area contributed by atoms with Crippen molar-refractivity contribution >= 4 is 5.91 Å². The summed E-state index contributed by atoms with van der Waals surface area (Å²) in [6.07, 6.45) is 6.65. The Bertz CT molecular complexity index is 290. The molecule has 2 heterocycles. The van der Waals surface area contributed by atoms with Crippen LogP contribution in [0.1, 0.15) is 19.3 Å². The van der Waals surface area contributed by atoms with E-state index in [0.29, 0.717) is 6.54 Å². The second kappa shape index (κ2) is 4.21. The Morgan fingerprint density at radius 1 is 1.14 bits per heavy atom. The third-order valence-electron chi connectivity index (χ3n) is 2.49. The van der Waals surface area contributed by atoms with Crippen molar-refractivity contribution in [2.45, 2.75) is 25.8 Å². The van der Waals surface area contributed by atoms with Crippen LogP contribution in [-0.4, -0.2) is 38.7 Å². The Hall–Kier alpha value is -1.39. The van der Waals surface area contributed by atoms with Gasteiger partial charge in [0.2, 0.25) is 5.91 Å². The second-order valence-corrected chi connectivity index (χ2v) is 3.58. The van der Waals surface area contributed by atoms with E-state index in [1.807, 2.05) is 4.90 Å². The smallest absolute Gasteiger partial charge is 0.242 e. The molecule has 5 nitrogen and oxygen atoms in total. The predicted molar refractivity (Wildman–Crippen MR) is 50.5 cm³/mol. The number of piperidine rings is 1. The van der Waals surface area contributed by atoms with Crippen molar-refractivity contribution in [2.24, 2.45) is 0 Å². The molecule has 1 aliphatic rings. The summed E-state index contributed by atoms with van der Waals surface area (Å²) in [5.74, 6) is 0.171. The number of carbonyl (C=O) groups is 1. The summed E-state index contributed by atoms with van der Waals surface area (Å²) in [6.45, 7) is 2.18. The first kappa shape index (κ1) is 9.18. The van der Waals surface area contributed by atoms with Crippen molar-refractivity contribution in [2.75, 3.05) is 13.1 Å². The molecule has 1 aromatic heterocycles. The highest BCUT2D eigenvalue weighted by molar-refractivity contribution is 5.76. The fraction of sp³-hybridized carbons (Fsp3) is 0.667. The maximum absolute atomic E-state index is 11.7. The number of rotatable bonds is 2. The highest BCUT2D eigenvalue weighted by atomic mass is 16.2. The summed E-state index contributed by atoms with van der Waals surface area (Å²) in [5.41, 5.74) is 0. The minimum Gasteiger partial charge on any atom is -0.341 e. The maximum Gasteiger partial charge on any atom is 0.242 e. The van der Waals surface area contributed by atoms with Gasteiger partial charge in [-0.1, -0.05) is 0 Å². The first-order valence-corrected chi connectivity index (χ1v) is 4.96. The minimum atomic E-state index is 0.171. The van der Waals surface area contributed by atoms with Gasteiger partial charge in [0, 0.05) is 13.1 Å². The minimum absolute atomic E-state index is 0.171. The Morgan fingerprint density at radius 2 is 1.79 bits per heavy atom. The molecule has 0 N–H and O–H groups in total. The molecular formula is C9H14N4O. The van der Waals surface area contributed by atoms with Gasteiger partial charge in [-0.25, -0.2) is 0 Å². The van der Waals surface area contributed by atoms with Crippen LogP contribution in [0.2, 0.25) is 0 Å². The molecule has 1 fully saturated rings. The topological polar surface area (TPSA) is 51.0 Å². The van der Waals surface area contributed by atoms with E-state index in [9.17, 15) is 4.79 Å². The molecule has 0 aliphatic carbocycles. The first-order valence-electron chi connectivity index (χ1n) is 4.96. The molecule has 14 heavy (non-hydrogen) atoms. The summed E-state index contributed by atoms with van der Waals surface area (Å²) in [5, 5.41) is 7.33. The van der Waals surface area contributed by atoms with Crippen LogP contribution < -0.4 is 0 Å². The zero-order valence-corrected chi connectivity index (χ0v) is 8.09. The molecule has 0 unspecified atom stereocenters. The highest BCUT2D eigenvalue weighted by Crippen LogP contribution is 2.09. The molecule has 0 saturated carbocycles. The monoisotopic (exact) mass is 194 g/mol. The molecule has 2 rings (SSSR count). The number of hydrogen-bond donors (Lipinski definition) is 0. The van der Waals surface area contributed by atoms with Crippen LogP contribution in [0, 0.1) is 0 Å². The summed E-state index contributed by atoms with van der Waals surface area (Å²) in [6, 6.07) is 0. The van der Waals surface area contributed by atoms with E-state index in [2.05, 4.69) is 10.2 Å². The number of amides is 1. The molecule has 1 aliphatic heterocycles. The van der Waals surface area contributed by atoms with Crippen molar-refractivity contribution in [1.29, 1.82) is 0 Å². The standard InChI is InChI=1S/C9H14N4O/c14-9(6-12-7-10-11-8-12)13-4-2-1-3-5-13/h7-8H,1-6H2. The Balaban J connectivity index is 1.88. The zero-order chi connectivity index (χ0) is 9.80. The highest BCUT2D eigenvalue weighted by Gasteiger charge is 2.16. The SMILES string of the molecule is O=C(Cn1cnnc1)N1CCCCC1. The van der Waals surface area contributed by atoms with Crippen molar-refractivity contribution in [1.82, 2.24) is 19.7 Å². The van der Waals surface area contributed by atoms with Gasteiger partial charge in [0.15, 0.2) is 0 Å². The lowest BCUT2D eigenvalue weighted by atomic mass is 10.1. The van der Waals surface area contributed by atoms with Crippen molar-refractivity contribution in [3.8, 4) is 0 Å². The molecule has 1 amide bonds. The van der Waals surface area contributed by atoms with E-state index in [1.54, 1.807) is 17.2 Å². The van der Waals surface area contributed by atoms with Crippen LogP contribution in [0.4, 0.5) is 0 Å². The molecule has 0 aromatic carbocycles. The molecule has 1 aromatic rings. The lowest BCUT2D eigenvalue weighted by molar-refractivity contribution is -0.132. The molecule has 0 spiro atoms. The van der Waals surface area contributed by atoms with Crippen LogP contribution >= 0.6 is 0 Å². The summed E-state index contributed by atoms with van der Waals surface area (Å²) in [7, 11) is 0. The van der Waals surface area contributed by atoms with E-state index in [-0.39, 0.29) is 5.91 Å². The fourth-order valence-electron chi connectivity index (χ4n) is 1.70. The summed E-state index contributed by atoms with van der Waals surface area (Å²) in [4.78, 5) is 13.6. The fourth-order valence-corrected chi connectivity index (χ4v) is 1.70.